The number of aliphatic hydroxyl groups excluding tert-OH is 1. The number of aliphatic carboxylic acids is 1. The highest BCUT2D eigenvalue weighted by Crippen LogP contribution is 2.46. The molecule has 2 rings (SSSR count). The molecule has 2 heterocycles. The topological polar surface area (TPSA) is 128 Å². The molecule has 4 atom stereocenters. The van der Waals surface area contributed by atoms with Crippen LogP contribution < -0.4 is 5.73 Å². The van der Waals surface area contributed by atoms with Gasteiger partial charge in [0.2, 0.25) is 5.91 Å². The van der Waals surface area contributed by atoms with Crippen LogP contribution in [-0.4, -0.2) is 50.9 Å². The second-order valence-corrected chi connectivity index (χ2v) is 5.90. The minimum absolute atomic E-state index is 0.104. The number of β-lactam (4-membered cyclic amide) rings is 1. The molecule has 4 N–H and O–H groups in total. The lowest BCUT2D eigenvalue weighted by Crippen LogP contribution is -2.66. The van der Waals surface area contributed by atoms with Gasteiger partial charge in [0, 0.05) is 17.1 Å². The molecule has 1 amide bonds. The molecular formula is C12H15N3O4S. The zero-order chi connectivity index (χ0) is 15.0. The number of carboxylic acid groups (broad SMARTS) is 1. The van der Waals surface area contributed by atoms with E-state index in [9.17, 15) is 19.8 Å². The van der Waals surface area contributed by atoms with E-state index in [0.29, 0.717) is 10.7 Å². The van der Waals surface area contributed by atoms with Crippen molar-refractivity contribution in [2.45, 2.75) is 31.5 Å². The van der Waals surface area contributed by atoms with Crippen molar-refractivity contribution in [3.8, 4) is 6.07 Å². The average molecular weight is 297 g/mol. The van der Waals surface area contributed by atoms with Gasteiger partial charge in [0.1, 0.15) is 5.70 Å². The molecule has 0 aromatic rings. The van der Waals surface area contributed by atoms with Gasteiger partial charge in [-0.3, -0.25) is 9.69 Å². The number of hydrogen-bond donors (Lipinski definition) is 3. The van der Waals surface area contributed by atoms with Gasteiger partial charge in [-0.05, 0) is 6.92 Å². The highest BCUT2D eigenvalue weighted by Gasteiger charge is 2.60. The standard InChI is InChI=1S/C12H15N3O4S/c1-5(16)6-8-7(14)10(20-4-2-3-13)9(12(18)19)15(8)11(6)17/h5-8,16H,2,4,14H2,1H3,(H,18,19)/t5?,6?,7?,8-/m1/s1. The van der Waals surface area contributed by atoms with Crippen LogP contribution in [0.1, 0.15) is 13.3 Å². The van der Waals surface area contributed by atoms with Crippen LogP contribution in [0.5, 0.6) is 0 Å². The molecule has 1 saturated heterocycles. The molecular weight excluding hydrogens is 282 g/mol. The van der Waals surface area contributed by atoms with Crippen LogP contribution in [0.2, 0.25) is 0 Å². The Labute approximate surface area is 120 Å². The van der Waals surface area contributed by atoms with E-state index < -0.39 is 36.0 Å². The van der Waals surface area contributed by atoms with E-state index in [1.165, 1.54) is 23.6 Å². The lowest BCUT2D eigenvalue weighted by atomic mass is 9.81. The normalized spacial score (nSPS) is 29.8. The quantitative estimate of drug-likeness (QED) is 0.460. The fourth-order valence-electron chi connectivity index (χ4n) is 2.68. The molecule has 3 unspecified atom stereocenters. The number of thioether (sulfide) groups is 1. The van der Waals surface area contributed by atoms with E-state index in [4.69, 9.17) is 11.0 Å². The third-order valence-corrected chi connectivity index (χ3v) is 4.71. The van der Waals surface area contributed by atoms with Crippen molar-refractivity contribution < 1.29 is 19.8 Å². The van der Waals surface area contributed by atoms with Crippen LogP contribution in [0.3, 0.4) is 0 Å². The van der Waals surface area contributed by atoms with Gasteiger partial charge in [0.15, 0.2) is 0 Å². The number of aliphatic hydroxyl groups is 1. The maximum Gasteiger partial charge on any atom is 0.353 e. The Morgan fingerprint density at radius 2 is 2.30 bits per heavy atom. The summed E-state index contributed by atoms with van der Waals surface area (Å²) in [5, 5.41) is 27.4. The van der Waals surface area contributed by atoms with Gasteiger partial charge in [-0.15, -0.1) is 11.8 Å². The number of carboxylic acids is 1. The first-order valence-electron chi connectivity index (χ1n) is 6.15. The monoisotopic (exact) mass is 297 g/mol. The summed E-state index contributed by atoms with van der Waals surface area (Å²) < 4.78 is 0. The second-order valence-electron chi connectivity index (χ2n) is 4.77. The van der Waals surface area contributed by atoms with Crippen molar-refractivity contribution in [2.24, 2.45) is 11.7 Å². The molecule has 2 aliphatic rings. The van der Waals surface area contributed by atoms with Gasteiger partial charge in [-0.1, -0.05) is 0 Å². The molecule has 0 spiro atoms. The van der Waals surface area contributed by atoms with E-state index in [0.717, 1.165) is 0 Å². The first-order chi connectivity index (χ1) is 9.41. The summed E-state index contributed by atoms with van der Waals surface area (Å²) in [7, 11) is 0. The van der Waals surface area contributed by atoms with Crippen molar-refractivity contribution in [2.75, 3.05) is 5.75 Å². The maximum atomic E-state index is 12.0. The van der Waals surface area contributed by atoms with E-state index in [-0.39, 0.29) is 12.1 Å². The molecule has 7 nitrogen and oxygen atoms in total. The largest absolute Gasteiger partial charge is 0.477 e. The predicted molar refractivity (Wildman–Crippen MR) is 71.1 cm³/mol. The summed E-state index contributed by atoms with van der Waals surface area (Å²) in [6.07, 6.45) is -0.597. The van der Waals surface area contributed by atoms with Crippen molar-refractivity contribution in [1.82, 2.24) is 4.90 Å². The van der Waals surface area contributed by atoms with Crippen LogP contribution in [0.25, 0.3) is 0 Å². The Morgan fingerprint density at radius 1 is 1.65 bits per heavy atom. The molecule has 0 bridgehead atoms. The van der Waals surface area contributed by atoms with E-state index in [1.807, 2.05) is 6.07 Å². The fourth-order valence-corrected chi connectivity index (χ4v) is 3.75. The number of rotatable bonds is 5. The Morgan fingerprint density at radius 3 is 2.80 bits per heavy atom. The van der Waals surface area contributed by atoms with Crippen LogP contribution in [0, 0.1) is 17.2 Å². The Bertz CT molecular complexity index is 525. The molecule has 2 aliphatic heterocycles. The van der Waals surface area contributed by atoms with Crippen LogP contribution in [-0.2, 0) is 9.59 Å². The summed E-state index contributed by atoms with van der Waals surface area (Å²) >= 11 is 1.19. The number of nitrogens with zero attached hydrogens (tertiary/aromatic N) is 2. The number of carbonyl (C=O) groups excluding carboxylic acids is 1. The molecule has 0 aliphatic carbocycles. The van der Waals surface area contributed by atoms with Crippen LogP contribution in [0.4, 0.5) is 0 Å². The molecule has 0 aromatic heterocycles. The zero-order valence-corrected chi connectivity index (χ0v) is 11.6. The smallest absolute Gasteiger partial charge is 0.353 e. The van der Waals surface area contributed by atoms with Crippen molar-refractivity contribution in [1.29, 1.82) is 5.26 Å². The maximum absolute atomic E-state index is 12.0. The zero-order valence-electron chi connectivity index (χ0n) is 10.8. The predicted octanol–water partition coefficient (Wildman–Crippen LogP) is -0.522. The third kappa shape index (κ3) is 2.08. The highest BCUT2D eigenvalue weighted by molar-refractivity contribution is 8.03. The number of hydrogen-bond acceptors (Lipinski definition) is 6. The number of nitriles is 1. The summed E-state index contributed by atoms with van der Waals surface area (Å²) in [4.78, 5) is 24.9. The highest BCUT2D eigenvalue weighted by atomic mass is 32.2. The minimum atomic E-state index is -1.21. The molecule has 0 aromatic carbocycles. The molecule has 1 fully saturated rings. The summed E-state index contributed by atoms with van der Waals surface area (Å²) in [6.45, 7) is 1.49. The average Bonchev–Trinajstić information content (AvgIpc) is 2.60. The first-order valence-corrected chi connectivity index (χ1v) is 7.14. The third-order valence-electron chi connectivity index (χ3n) is 3.53. The fraction of sp³-hybridized carbons (Fsp3) is 0.583. The SMILES string of the molecule is CC(O)C1C(=O)N2C(C(=O)O)=C(SCCC#N)C(N)[C@@H]12. The number of nitrogens with two attached hydrogens (primary N) is 1. The summed E-state index contributed by atoms with van der Waals surface area (Å²) in [6, 6.07) is 0.847. The minimum Gasteiger partial charge on any atom is -0.477 e. The Hall–Kier alpha value is -1.56. The number of amides is 1. The Kier molecular flexibility index (Phi) is 4.04. The van der Waals surface area contributed by atoms with Gasteiger partial charge in [0.05, 0.1) is 30.2 Å². The Balaban J connectivity index is 2.28. The molecule has 8 heteroatoms. The lowest BCUT2D eigenvalue weighted by molar-refractivity contribution is -0.161. The van der Waals surface area contributed by atoms with Crippen LogP contribution in [0.15, 0.2) is 10.6 Å². The van der Waals surface area contributed by atoms with Crippen molar-refractivity contribution >= 4 is 23.6 Å². The molecule has 0 radical (unpaired) electrons. The van der Waals surface area contributed by atoms with Gasteiger partial charge >= 0.3 is 5.97 Å². The molecule has 108 valence electrons. The first kappa shape index (κ1) is 14.8. The van der Waals surface area contributed by atoms with E-state index in [1.54, 1.807) is 0 Å². The summed E-state index contributed by atoms with van der Waals surface area (Å²) in [5.41, 5.74) is 5.93. The van der Waals surface area contributed by atoms with Gasteiger partial charge in [0.25, 0.3) is 0 Å². The molecule has 0 saturated carbocycles. The van der Waals surface area contributed by atoms with Gasteiger partial charge in [-0.2, -0.15) is 5.26 Å². The van der Waals surface area contributed by atoms with Gasteiger partial charge < -0.3 is 15.9 Å². The molecule has 20 heavy (non-hydrogen) atoms. The van der Waals surface area contributed by atoms with E-state index >= 15 is 0 Å². The number of carbonyl (C=O) groups is 2. The van der Waals surface area contributed by atoms with Crippen LogP contribution >= 0.6 is 11.8 Å². The van der Waals surface area contributed by atoms with Crippen molar-refractivity contribution in [3.63, 3.8) is 0 Å². The van der Waals surface area contributed by atoms with E-state index in [2.05, 4.69) is 0 Å². The lowest BCUT2D eigenvalue weighted by Gasteiger charge is -2.46. The number of fused-ring (bicyclic) bond motifs is 1. The second kappa shape index (κ2) is 5.44. The summed E-state index contributed by atoms with van der Waals surface area (Å²) in [5.74, 6) is -1.85. The van der Waals surface area contributed by atoms with Gasteiger partial charge in [-0.25, -0.2) is 4.79 Å². The van der Waals surface area contributed by atoms with Crippen molar-refractivity contribution in [3.05, 3.63) is 10.6 Å².